The predicted molar refractivity (Wildman–Crippen MR) is 65.4 cm³/mol. The summed E-state index contributed by atoms with van der Waals surface area (Å²) < 4.78 is 13.4. The first kappa shape index (κ1) is 13.0. The molecule has 0 radical (unpaired) electrons. The summed E-state index contributed by atoms with van der Waals surface area (Å²) in [6.45, 7) is 0. The molecule has 4 nitrogen and oxygen atoms in total. The second-order valence-corrected chi connectivity index (χ2v) is 5.13. The molecule has 1 heterocycles. The number of carboxylic acid groups (broad SMARTS) is 1. The fraction of sp³-hybridized carbons (Fsp3) is 0.333. The molecule has 0 aliphatic carbocycles. The fourth-order valence-corrected chi connectivity index (χ4v) is 2.64. The number of aliphatic carboxylic acids is 1. The van der Waals surface area contributed by atoms with E-state index in [0.717, 1.165) is 0 Å². The zero-order valence-corrected chi connectivity index (χ0v) is 11.1. The van der Waals surface area contributed by atoms with Gasteiger partial charge in [-0.25, -0.2) is 4.39 Å². The molecule has 1 aliphatic heterocycles. The van der Waals surface area contributed by atoms with E-state index in [4.69, 9.17) is 5.11 Å². The van der Waals surface area contributed by atoms with E-state index in [1.54, 1.807) is 7.05 Å². The molecule has 1 aromatic carbocycles. The minimum atomic E-state index is -1.02. The van der Waals surface area contributed by atoms with Crippen molar-refractivity contribution in [3.63, 3.8) is 0 Å². The lowest BCUT2D eigenvalue weighted by Crippen LogP contribution is -2.26. The van der Waals surface area contributed by atoms with E-state index in [1.807, 2.05) is 0 Å². The van der Waals surface area contributed by atoms with Crippen LogP contribution in [0.25, 0.3) is 0 Å². The second kappa shape index (κ2) is 4.68. The summed E-state index contributed by atoms with van der Waals surface area (Å²) in [5.41, 5.74) is 0.615. The summed E-state index contributed by atoms with van der Waals surface area (Å²) >= 11 is 3.06. The van der Waals surface area contributed by atoms with Crippen molar-refractivity contribution >= 4 is 27.8 Å². The van der Waals surface area contributed by atoms with Crippen LogP contribution in [0.15, 0.2) is 22.7 Å². The van der Waals surface area contributed by atoms with Crippen molar-refractivity contribution in [1.82, 2.24) is 4.90 Å². The number of nitrogens with zero attached hydrogens (tertiary/aromatic N) is 1. The minimum absolute atomic E-state index is 0.0223. The normalized spacial score (nSPS) is 23.5. The van der Waals surface area contributed by atoms with E-state index < -0.39 is 23.7 Å². The highest BCUT2D eigenvalue weighted by molar-refractivity contribution is 9.10. The Kier molecular flexibility index (Phi) is 3.38. The highest BCUT2D eigenvalue weighted by Gasteiger charge is 2.42. The summed E-state index contributed by atoms with van der Waals surface area (Å²) in [5.74, 6) is -2.44. The van der Waals surface area contributed by atoms with Crippen molar-refractivity contribution in [1.29, 1.82) is 0 Å². The fourth-order valence-electron chi connectivity index (χ4n) is 2.24. The van der Waals surface area contributed by atoms with Gasteiger partial charge in [0.15, 0.2) is 0 Å². The van der Waals surface area contributed by atoms with Gasteiger partial charge in [-0.2, -0.15) is 0 Å². The number of carbonyl (C=O) groups excluding carboxylic acids is 1. The number of rotatable bonds is 2. The first-order chi connectivity index (χ1) is 8.41. The van der Waals surface area contributed by atoms with Crippen LogP contribution in [0.4, 0.5) is 4.39 Å². The zero-order chi connectivity index (χ0) is 13.4. The third-order valence-corrected chi connectivity index (χ3v) is 3.80. The molecular formula is C12H11BrFNO3. The Morgan fingerprint density at radius 3 is 2.78 bits per heavy atom. The van der Waals surface area contributed by atoms with Crippen LogP contribution >= 0.6 is 15.9 Å². The average Bonchev–Trinajstić information content (AvgIpc) is 2.60. The molecule has 1 saturated heterocycles. The number of hydrogen-bond acceptors (Lipinski definition) is 2. The lowest BCUT2D eigenvalue weighted by Gasteiger charge is -2.23. The van der Waals surface area contributed by atoms with Gasteiger partial charge in [-0.3, -0.25) is 9.59 Å². The molecule has 18 heavy (non-hydrogen) atoms. The van der Waals surface area contributed by atoms with Gasteiger partial charge in [-0.1, -0.05) is 6.07 Å². The van der Waals surface area contributed by atoms with Gasteiger partial charge in [-0.15, -0.1) is 0 Å². The molecule has 1 fully saturated rings. The highest BCUT2D eigenvalue weighted by atomic mass is 79.9. The molecule has 6 heteroatoms. The molecule has 1 amide bonds. The monoisotopic (exact) mass is 315 g/mol. The van der Waals surface area contributed by atoms with Gasteiger partial charge >= 0.3 is 5.97 Å². The topological polar surface area (TPSA) is 57.6 Å². The molecule has 2 atom stereocenters. The summed E-state index contributed by atoms with van der Waals surface area (Å²) in [7, 11) is 1.56. The molecule has 0 saturated carbocycles. The zero-order valence-electron chi connectivity index (χ0n) is 9.56. The van der Waals surface area contributed by atoms with Gasteiger partial charge in [0.05, 0.1) is 16.4 Å². The Bertz CT molecular complexity index is 520. The summed E-state index contributed by atoms with van der Waals surface area (Å²) in [6, 6.07) is 3.74. The first-order valence-corrected chi connectivity index (χ1v) is 6.14. The standard InChI is InChI=1S/C12H11BrFNO3/c1-15-10(16)5-7(12(17)18)11(15)6-2-3-9(14)8(13)4-6/h2-4,7,11H,5H2,1H3,(H,17,18). The number of benzene rings is 1. The number of carboxylic acids is 1. The smallest absolute Gasteiger partial charge is 0.309 e. The number of likely N-dealkylation sites (tertiary alicyclic amines) is 1. The summed E-state index contributed by atoms with van der Waals surface area (Å²) in [4.78, 5) is 24.2. The van der Waals surface area contributed by atoms with Crippen molar-refractivity contribution < 1.29 is 19.1 Å². The van der Waals surface area contributed by atoms with Crippen LogP contribution in [-0.4, -0.2) is 28.9 Å². The van der Waals surface area contributed by atoms with E-state index >= 15 is 0 Å². The molecule has 1 aromatic rings. The molecule has 2 unspecified atom stereocenters. The van der Waals surface area contributed by atoms with E-state index in [0.29, 0.717) is 5.56 Å². The molecule has 0 spiro atoms. The van der Waals surface area contributed by atoms with E-state index in [-0.39, 0.29) is 16.8 Å². The maximum absolute atomic E-state index is 13.2. The average molecular weight is 316 g/mol. The minimum Gasteiger partial charge on any atom is -0.481 e. The Labute approximate surface area is 112 Å². The second-order valence-electron chi connectivity index (χ2n) is 4.27. The molecule has 96 valence electrons. The van der Waals surface area contributed by atoms with Crippen LogP contribution in [0.3, 0.4) is 0 Å². The number of hydrogen-bond donors (Lipinski definition) is 1. The third-order valence-electron chi connectivity index (χ3n) is 3.19. The first-order valence-electron chi connectivity index (χ1n) is 5.35. The van der Waals surface area contributed by atoms with Gasteiger partial charge in [0.2, 0.25) is 5.91 Å². The largest absolute Gasteiger partial charge is 0.481 e. The maximum Gasteiger partial charge on any atom is 0.309 e. The Hall–Kier alpha value is -1.43. The van der Waals surface area contributed by atoms with E-state index in [1.165, 1.54) is 23.1 Å². The van der Waals surface area contributed by atoms with Crippen LogP contribution in [0.1, 0.15) is 18.0 Å². The third kappa shape index (κ3) is 2.12. The molecule has 0 aromatic heterocycles. The van der Waals surface area contributed by atoms with Crippen LogP contribution in [-0.2, 0) is 9.59 Å². The van der Waals surface area contributed by atoms with Crippen molar-refractivity contribution in [3.8, 4) is 0 Å². The summed E-state index contributed by atoms with van der Waals surface area (Å²) in [5, 5.41) is 9.14. The lowest BCUT2D eigenvalue weighted by atomic mass is 9.94. The van der Waals surface area contributed by atoms with Crippen molar-refractivity contribution in [2.75, 3.05) is 7.05 Å². The SMILES string of the molecule is CN1C(=O)CC(C(=O)O)C1c1ccc(F)c(Br)c1. The van der Waals surface area contributed by atoms with Crippen LogP contribution < -0.4 is 0 Å². The van der Waals surface area contributed by atoms with Gasteiger partial charge in [0.25, 0.3) is 0 Å². The molecule has 0 bridgehead atoms. The highest BCUT2D eigenvalue weighted by Crippen LogP contribution is 2.38. The molecule has 1 aliphatic rings. The Morgan fingerprint density at radius 1 is 1.56 bits per heavy atom. The van der Waals surface area contributed by atoms with Gasteiger partial charge in [0, 0.05) is 13.5 Å². The Morgan fingerprint density at radius 2 is 2.22 bits per heavy atom. The van der Waals surface area contributed by atoms with Crippen molar-refractivity contribution in [2.24, 2.45) is 5.92 Å². The number of amides is 1. The van der Waals surface area contributed by atoms with Crippen LogP contribution in [0.5, 0.6) is 0 Å². The predicted octanol–water partition coefficient (Wildman–Crippen LogP) is 2.19. The van der Waals surface area contributed by atoms with Gasteiger partial charge in [0.1, 0.15) is 5.82 Å². The molecule has 2 rings (SSSR count). The van der Waals surface area contributed by atoms with Gasteiger partial charge < -0.3 is 10.0 Å². The summed E-state index contributed by atoms with van der Waals surface area (Å²) in [6.07, 6.45) is -0.0223. The van der Waals surface area contributed by atoms with Crippen LogP contribution in [0, 0.1) is 11.7 Å². The molecule has 1 N–H and O–H groups in total. The van der Waals surface area contributed by atoms with E-state index in [2.05, 4.69) is 15.9 Å². The number of halogens is 2. The van der Waals surface area contributed by atoms with E-state index in [9.17, 15) is 14.0 Å². The van der Waals surface area contributed by atoms with Crippen molar-refractivity contribution in [3.05, 3.63) is 34.1 Å². The maximum atomic E-state index is 13.2. The molecular weight excluding hydrogens is 305 g/mol. The van der Waals surface area contributed by atoms with Crippen molar-refractivity contribution in [2.45, 2.75) is 12.5 Å². The Balaban J connectivity index is 2.42. The quantitative estimate of drug-likeness (QED) is 0.910. The lowest BCUT2D eigenvalue weighted by molar-refractivity contribution is -0.142. The number of carbonyl (C=O) groups is 2. The van der Waals surface area contributed by atoms with Crippen LogP contribution in [0.2, 0.25) is 0 Å². The van der Waals surface area contributed by atoms with Gasteiger partial charge in [-0.05, 0) is 33.6 Å².